The minimum atomic E-state index is -0.199. The first-order chi connectivity index (χ1) is 9.06. The van der Waals surface area contributed by atoms with Gasteiger partial charge in [-0.15, -0.1) is 0 Å². The highest BCUT2D eigenvalue weighted by Crippen LogP contribution is 2.27. The number of fused-ring (bicyclic) bond motifs is 1. The molecule has 19 heavy (non-hydrogen) atoms. The third-order valence-electron chi connectivity index (χ3n) is 3.19. The molecule has 0 bridgehead atoms. The van der Waals surface area contributed by atoms with Crippen LogP contribution in [0.3, 0.4) is 0 Å². The maximum atomic E-state index is 11.8. The summed E-state index contributed by atoms with van der Waals surface area (Å²) in [7, 11) is 0. The Bertz CT molecular complexity index is 421. The molecule has 2 unspecified atom stereocenters. The first-order valence-electron chi connectivity index (χ1n) is 6.84. The number of nitrogens with one attached hydrogen (secondary N) is 2. The normalized spacial score (nSPS) is 18.8. The molecular weight excluding hydrogens is 240 g/mol. The van der Waals surface area contributed by atoms with Gasteiger partial charge in [0, 0.05) is 19.0 Å². The summed E-state index contributed by atoms with van der Waals surface area (Å²) in [4.78, 5) is 11.8. The number of rotatable bonds is 5. The molecule has 1 amide bonds. The van der Waals surface area contributed by atoms with Gasteiger partial charge in [-0.25, -0.2) is 0 Å². The number of para-hydroxylation sites is 1. The van der Waals surface area contributed by atoms with Gasteiger partial charge in [0.05, 0.1) is 6.04 Å². The van der Waals surface area contributed by atoms with Gasteiger partial charge >= 0.3 is 0 Å². The summed E-state index contributed by atoms with van der Waals surface area (Å²) in [5, 5.41) is 6.12. The summed E-state index contributed by atoms with van der Waals surface area (Å²) in [6.45, 7) is 6.48. The molecule has 1 aromatic rings. The van der Waals surface area contributed by atoms with Gasteiger partial charge in [0.1, 0.15) is 11.9 Å². The molecule has 0 spiro atoms. The van der Waals surface area contributed by atoms with Gasteiger partial charge in [0.15, 0.2) is 0 Å². The van der Waals surface area contributed by atoms with Gasteiger partial charge in [-0.05, 0) is 32.4 Å². The smallest absolute Gasteiger partial charge is 0.237 e. The Kier molecular flexibility index (Phi) is 4.43. The van der Waals surface area contributed by atoms with E-state index < -0.39 is 0 Å². The van der Waals surface area contributed by atoms with Crippen molar-refractivity contribution in [2.75, 3.05) is 6.54 Å². The number of hydrogen-bond acceptors (Lipinski definition) is 3. The van der Waals surface area contributed by atoms with Crippen molar-refractivity contribution in [1.29, 1.82) is 0 Å². The second kappa shape index (κ2) is 6.06. The maximum Gasteiger partial charge on any atom is 0.237 e. The molecule has 1 heterocycles. The van der Waals surface area contributed by atoms with Crippen LogP contribution in [0.2, 0.25) is 0 Å². The SMILES string of the molecule is CC(C)NC(=O)C(C)NCC1Cc2ccccc2O1. The number of benzene rings is 1. The van der Waals surface area contributed by atoms with E-state index >= 15 is 0 Å². The van der Waals surface area contributed by atoms with Crippen LogP contribution < -0.4 is 15.4 Å². The van der Waals surface area contributed by atoms with Crippen molar-refractivity contribution in [3.8, 4) is 5.75 Å². The molecule has 0 radical (unpaired) electrons. The average Bonchev–Trinajstić information content (AvgIpc) is 2.77. The van der Waals surface area contributed by atoms with Crippen molar-refractivity contribution in [3.63, 3.8) is 0 Å². The third kappa shape index (κ3) is 3.70. The van der Waals surface area contributed by atoms with Crippen LogP contribution in [0.25, 0.3) is 0 Å². The summed E-state index contributed by atoms with van der Waals surface area (Å²) in [6.07, 6.45) is 1.02. The zero-order valence-electron chi connectivity index (χ0n) is 11.8. The predicted molar refractivity (Wildman–Crippen MR) is 75.3 cm³/mol. The Labute approximate surface area is 114 Å². The van der Waals surface area contributed by atoms with Crippen LogP contribution in [-0.4, -0.2) is 30.6 Å². The first-order valence-corrected chi connectivity index (χ1v) is 6.84. The first kappa shape index (κ1) is 13.9. The van der Waals surface area contributed by atoms with E-state index in [0.29, 0.717) is 6.54 Å². The summed E-state index contributed by atoms with van der Waals surface area (Å²) >= 11 is 0. The highest BCUT2D eigenvalue weighted by molar-refractivity contribution is 5.81. The third-order valence-corrected chi connectivity index (χ3v) is 3.19. The van der Waals surface area contributed by atoms with Crippen LogP contribution in [0.5, 0.6) is 5.75 Å². The van der Waals surface area contributed by atoms with Crippen molar-refractivity contribution < 1.29 is 9.53 Å². The molecule has 0 aromatic heterocycles. The molecular formula is C15H22N2O2. The fourth-order valence-corrected chi connectivity index (χ4v) is 2.18. The van der Waals surface area contributed by atoms with Crippen LogP contribution in [0.4, 0.5) is 0 Å². The molecule has 0 saturated heterocycles. The Morgan fingerprint density at radius 2 is 2.11 bits per heavy atom. The van der Waals surface area contributed by atoms with Crippen LogP contribution in [0.1, 0.15) is 26.3 Å². The standard InChI is InChI=1S/C15H22N2O2/c1-10(2)17-15(18)11(3)16-9-13-8-12-6-4-5-7-14(12)19-13/h4-7,10-11,13,16H,8-9H2,1-3H3,(H,17,18). The van der Waals surface area contributed by atoms with Gasteiger partial charge < -0.3 is 15.4 Å². The number of carbonyl (C=O) groups excluding carboxylic acids is 1. The highest BCUT2D eigenvalue weighted by atomic mass is 16.5. The molecule has 4 nitrogen and oxygen atoms in total. The Balaban J connectivity index is 1.77. The summed E-state index contributed by atoms with van der Waals surface area (Å²) in [5.74, 6) is 0.999. The minimum Gasteiger partial charge on any atom is -0.488 e. The summed E-state index contributed by atoms with van der Waals surface area (Å²) < 4.78 is 5.82. The number of ether oxygens (including phenoxy) is 1. The molecule has 4 heteroatoms. The second-order valence-corrected chi connectivity index (χ2v) is 5.34. The highest BCUT2D eigenvalue weighted by Gasteiger charge is 2.23. The van der Waals surface area contributed by atoms with Crippen LogP contribution in [-0.2, 0) is 11.2 Å². The van der Waals surface area contributed by atoms with Gasteiger partial charge in [0.25, 0.3) is 0 Å². The van der Waals surface area contributed by atoms with Gasteiger partial charge in [-0.2, -0.15) is 0 Å². The fourth-order valence-electron chi connectivity index (χ4n) is 2.18. The van der Waals surface area contributed by atoms with E-state index in [1.807, 2.05) is 39.0 Å². The molecule has 0 aliphatic carbocycles. The van der Waals surface area contributed by atoms with Crippen molar-refractivity contribution >= 4 is 5.91 Å². The molecule has 2 rings (SSSR count). The molecule has 1 aromatic carbocycles. The van der Waals surface area contributed by atoms with Gasteiger partial charge in [0.2, 0.25) is 5.91 Å². The zero-order chi connectivity index (χ0) is 13.8. The minimum absolute atomic E-state index is 0.0329. The molecule has 104 valence electrons. The topological polar surface area (TPSA) is 50.4 Å². The number of carbonyl (C=O) groups is 1. The van der Waals surface area contributed by atoms with Crippen LogP contribution in [0, 0.1) is 0 Å². The van der Waals surface area contributed by atoms with E-state index in [9.17, 15) is 4.79 Å². The molecule has 1 aliphatic rings. The van der Waals surface area contributed by atoms with E-state index in [0.717, 1.165) is 12.2 Å². The molecule has 0 saturated carbocycles. The lowest BCUT2D eigenvalue weighted by Crippen LogP contribution is -2.47. The molecule has 2 atom stereocenters. The van der Waals surface area contributed by atoms with Crippen molar-refractivity contribution in [3.05, 3.63) is 29.8 Å². The van der Waals surface area contributed by atoms with Gasteiger partial charge in [-0.3, -0.25) is 4.79 Å². The Morgan fingerprint density at radius 3 is 2.79 bits per heavy atom. The molecule has 1 aliphatic heterocycles. The van der Waals surface area contributed by atoms with E-state index in [1.165, 1.54) is 5.56 Å². The van der Waals surface area contributed by atoms with Crippen molar-refractivity contribution in [1.82, 2.24) is 10.6 Å². The number of hydrogen-bond donors (Lipinski definition) is 2. The second-order valence-electron chi connectivity index (χ2n) is 5.34. The molecule has 2 N–H and O–H groups in total. The van der Waals surface area contributed by atoms with E-state index in [4.69, 9.17) is 4.74 Å². The largest absolute Gasteiger partial charge is 0.488 e. The van der Waals surface area contributed by atoms with Gasteiger partial charge in [-0.1, -0.05) is 18.2 Å². The molecule has 0 fully saturated rings. The summed E-state index contributed by atoms with van der Waals surface area (Å²) in [6, 6.07) is 8.05. The average molecular weight is 262 g/mol. The Morgan fingerprint density at radius 1 is 1.37 bits per heavy atom. The number of amides is 1. The summed E-state index contributed by atoms with van der Waals surface area (Å²) in [5.41, 5.74) is 1.24. The lowest BCUT2D eigenvalue weighted by Gasteiger charge is -2.18. The van der Waals surface area contributed by atoms with E-state index in [-0.39, 0.29) is 24.1 Å². The maximum absolute atomic E-state index is 11.8. The lowest BCUT2D eigenvalue weighted by atomic mass is 10.1. The van der Waals surface area contributed by atoms with Crippen LogP contribution >= 0.6 is 0 Å². The zero-order valence-corrected chi connectivity index (χ0v) is 11.8. The fraction of sp³-hybridized carbons (Fsp3) is 0.533. The lowest BCUT2D eigenvalue weighted by molar-refractivity contribution is -0.123. The van der Waals surface area contributed by atoms with E-state index in [2.05, 4.69) is 16.7 Å². The monoisotopic (exact) mass is 262 g/mol. The Hall–Kier alpha value is -1.55. The van der Waals surface area contributed by atoms with E-state index in [1.54, 1.807) is 0 Å². The quantitative estimate of drug-likeness (QED) is 0.845. The van der Waals surface area contributed by atoms with Crippen molar-refractivity contribution in [2.45, 2.75) is 45.4 Å². The van der Waals surface area contributed by atoms with Crippen LogP contribution in [0.15, 0.2) is 24.3 Å². The predicted octanol–water partition coefficient (Wildman–Crippen LogP) is 1.49. The van der Waals surface area contributed by atoms with Crippen molar-refractivity contribution in [2.24, 2.45) is 0 Å².